The molecule has 0 heterocycles. The van der Waals surface area contributed by atoms with Gasteiger partial charge in [-0.1, -0.05) is 58.9 Å². The van der Waals surface area contributed by atoms with Crippen LogP contribution in [0.3, 0.4) is 0 Å². The van der Waals surface area contributed by atoms with Gasteiger partial charge in [-0.05, 0) is 41.3 Å². The number of methoxy groups -OCH3 is 1. The quantitative estimate of drug-likeness (QED) is 0.611. The maximum absolute atomic E-state index is 14.4. The molecule has 1 unspecified atom stereocenters. The zero-order valence-corrected chi connectivity index (χ0v) is 16.8. The van der Waals surface area contributed by atoms with Gasteiger partial charge in [0.15, 0.2) is 0 Å². The first-order chi connectivity index (χ1) is 12.3. The number of benzene rings is 2. The molecule has 0 saturated heterocycles. The smallest absolute Gasteiger partial charge is 0.131 e. The zero-order valence-electron chi connectivity index (χ0n) is 16.8. The van der Waals surface area contributed by atoms with Crippen LogP contribution in [0.5, 0.6) is 5.75 Å². The number of hydrogen-bond donors (Lipinski definition) is 1. The van der Waals surface area contributed by atoms with E-state index in [0.29, 0.717) is 22.4 Å². The van der Waals surface area contributed by atoms with Gasteiger partial charge in [0.25, 0.3) is 0 Å². The average molecular weight is 358 g/mol. The SMILES string of the molecule is C=CC(C)(C)C(O)c1cc(CC)ccc1-c1cc(OC)ccc1F.CC. The highest BCUT2D eigenvalue weighted by molar-refractivity contribution is 5.70. The lowest BCUT2D eigenvalue weighted by molar-refractivity contribution is 0.0826. The fourth-order valence-corrected chi connectivity index (χ4v) is 2.65. The van der Waals surface area contributed by atoms with Crippen LogP contribution < -0.4 is 4.74 Å². The molecule has 0 amide bonds. The van der Waals surface area contributed by atoms with E-state index in [0.717, 1.165) is 12.0 Å². The molecule has 2 nitrogen and oxygen atoms in total. The second kappa shape index (κ2) is 9.54. The summed E-state index contributed by atoms with van der Waals surface area (Å²) in [5.41, 5.74) is 2.36. The lowest BCUT2D eigenvalue weighted by Gasteiger charge is -2.29. The predicted molar refractivity (Wildman–Crippen MR) is 108 cm³/mol. The first-order valence-corrected chi connectivity index (χ1v) is 9.12. The molecular weight excluding hydrogens is 327 g/mol. The lowest BCUT2D eigenvalue weighted by Crippen LogP contribution is -2.20. The van der Waals surface area contributed by atoms with Gasteiger partial charge in [-0.3, -0.25) is 0 Å². The zero-order chi connectivity index (χ0) is 19.9. The molecular formula is C23H31FO2. The molecule has 3 heteroatoms. The van der Waals surface area contributed by atoms with Crippen molar-refractivity contribution in [3.8, 4) is 16.9 Å². The second-order valence-electron chi connectivity index (χ2n) is 6.55. The number of hydrogen-bond acceptors (Lipinski definition) is 2. The third-order valence-corrected chi connectivity index (χ3v) is 4.51. The highest BCUT2D eigenvalue weighted by atomic mass is 19.1. The summed E-state index contributed by atoms with van der Waals surface area (Å²) in [4.78, 5) is 0. The molecule has 2 rings (SSSR count). The van der Waals surface area contributed by atoms with E-state index >= 15 is 0 Å². The monoisotopic (exact) mass is 358 g/mol. The Bertz CT molecular complexity index is 735. The topological polar surface area (TPSA) is 29.5 Å². The van der Waals surface area contributed by atoms with Gasteiger partial charge in [-0.2, -0.15) is 0 Å². The maximum Gasteiger partial charge on any atom is 0.131 e. The summed E-state index contributed by atoms with van der Waals surface area (Å²) in [6.07, 6.45) is 1.78. The van der Waals surface area contributed by atoms with E-state index in [4.69, 9.17) is 4.74 Å². The molecule has 0 aliphatic rings. The van der Waals surface area contributed by atoms with Crippen molar-refractivity contribution in [2.75, 3.05) is 7.11 Å². The number of ether oxygens (including phenoxy) is 1. The van der Waals surface area contributed by atoms with Crippen molar-refractivity contribution < 1.29 is 14.2 Å². The highest BCUT2D eigenvalue weighted by Gasteiger charge is 2.29. The molecule has 0 aromatic heterocycles. The Labute approximate surface area is 157 Å². The van der Waals surface area contributed by atoms with Crippen molar-refractivity contribution in [1.82, 2.24) is 0 Å². The summed E-state index contributed by atoms with van der Waals surface area (Å²) in [6, 6.07) is 10.4. The van der Waals surface area contributed by atoms with Gasteiger partial charge in [0.1, 0.15) is 11.6 Å². The van der Waals surface area contributed by atoms with Crippen molar-refractivity contribution in [3.05, 3.63) is 66.0 Å². The molecule has 1 N–H and O–H groups in total. The number of halogens is 1. The summed E-state index contributed by atoms with van der Waals surface area (Å²) in [5.74, 6) is 0.235. The van der Waals surface area contributed by atoms with Crippen molar-refractivity contribution in [2.45, 2.75) is 47.1 Å². The molecule has 0 radical (unpaired) electrons. The van der Waals surface area contributed by atoms with Crippen LogP contribution in [-0.4, -0.2) is 12.2 Å². The Morgan fingerprint density at radius 1 is 1.15 bits per heavy atom. The van der Waals surface area contributed by atoms with Crippen LogP contribution in [0.1, 0.15) is 51.8 Å². The molecule has 0 saturated carbocycles. The van der Waals surface area contributed by atoms with E-state index < -0.39 is 11.5 Å². The summed E-state index contributed by atoms with van der Waals surface area (Å²) in [6.45, 7) is 13.7. The molecule has 2 aromatic carbocycles. The standard InChI is InChI=1S/C21H25FO2.C2H6/c1-6-14-8-10-16(17-13-15(24-5)9-11-19(17)22)18(12-14)20(23)21(3,4)7-2;1-2/h7-13,20,23H,2,6H2,1,3-5H3;1-2H3. The van der Waals surface area contributed by atoms with E-state index in [1.807, 2.05) is 45.9 Å². The Morgan fingerprint density at radius 2 is 1.81 bits per heavy atom. The molecule has 0 aliphatic carbocycles. The van der Waals surface area contributed by atoms with Crippen molar-refractivity contribution in [2.24, 2.45) is 5.41 Å². The van der Waals surface area contributed by atoms with E-state index in [-0.39, 0.29) is 5.82 Å². The van der Waals surface area contributed by atoms with Crippen LogP contribution >= 0.6 is 0 Å². The van der Waals surface area contributed by atoms with Crippen LogP contribution in [0.25, 0.3) is 11.1 Å². The Morgan fingerprint density at radius 3 is 2.35 bits per heavy atom. The molecule has 1 atom stereocenters. The summed E-state index contributed by atoms with van der Waals surface area (Å²) < 4.78 is 19.7. The minimum absolute atomic E-state index is 0.343. The summed E-state index contributed by atoms with van der Waals surface area (Å²) in [7, 11) is 1.55. The first-order valence-electron chi connectivity index (χ1n) is 9.12. The van der Waals surface area contributed by atoms with Gasteiger partial charge in [-0.25, -0.2) is 4.39 Å². The van der Waals surface area contributed by atoms with E-state index in [1.54, 1.807) is 25.3 Å². The lowest BCUT2D eigenvalue weighted by atomic mass is 9.79. The van der Waals surface area contributed by atoms with Crippen LogP contribution in [0.15, 0.2) is 49.1 Å². The van der Waals surface area contributed by atoms with Crippen LogP contribution in [0, 0.1) is 11.2 Å². The minimum Gasteiger partial charge on any atom is -0.497 e. The summed E-state index contributed by atoms with van der Waals surface area (Å²) >= 11 is 0. The van der Waals surface area contributed by atoms with Crippen LogP contribution in [-0.2, 0) is 6.42 Å². The molecule has 0 fully saturated rings. The molecule has 0 spiro atoms. The number of aryl methyl sites for hydroxylation is 1. The highest BCUT2D eigenvalue weighted by Crippen LogP contribution is 2.40. The molecule has 26 heavy (non-hydrogen) atoms. The number of aliphatic hydroxyl groups is 1. The van der Waals surface area contributed by atoms with E-state index in [2.05, 4.69) is 13.5 Å². The average Bonchev–Trinajstić information content (AvgIpc) is 2.68. The molecule has 142 valence electrons. The van der Waals surface area contributed by atoms with Crippen LogP contribution in [0.2, 0.25) is 0 Å². The van der Waals surface area contributed by atoms with Gasteiger partial charge < -0.3 is 9.84 Å². The molecule has 0 aliphatic heterocycles. The fraction of sp³-hybridized carbons (Fsp3) is 0.391. The van der Waals surface area contributed by atoms with Gasteiger partial charge >= 0.3 is 0 Å². The third-order valence-electron chi connectivity index (χ3n) is 4.51. The van der Waals surface area contributed by atoms with E-state index in [1.165, 1.54) is 6.07 Å². The first kappa shape index (κ1) is 21.9. The largest absolute Gasteiger partial charge is 0.497 e. The van der Waals surface area contributed by atoms with E-state index in [9.17, 15) is 9.50 Å². The Hall–Kier alpha value is -2.13. The number of rotatable bonds is 6. The van der Waals surface area contributed by atoms with Gasteiger partial charge in [-0.15, -0.1) is 6.58 Å². The second-order valence-corrected chi connectivity index (χ2v) is 6.55. The van der Waals surface area contributed by atoms with Gasteiger partial charge in [0, 0.05) is 11.0 Å². The maximum atomic E-state index is 14.4. The van der Waals surface area contributed by atoms with Crippen molar-refractivity contribution in [3.63, 3.8) is 0 Å². The number of aliphatic hydroxyl groups excluding tert-OH is 1. The van der Waals surface area contributed by atoms with Crippen molar-refractivity contribution >= 4 is 0 Å². The normalized spacial score (nSPS) is 12.0. The minimum atomic E-state index is -0.790. The third kappa shape index (κ3) is 4.73. The van der Waals surface area contributed by atoms with Crippen LogP contribution in [0.4, 0.5) is 4.39 Å². The fourth-order valence-electron chi connectivity index (χ4n) is 2.65. The Kier molecular flexibility index (Phi) is 8.04. The van der Waals surface area contributed by atoms with Gasteiger partial charge in [0.05, 0.1) is 13.2 Å². The molecule has 2 aromatic rings. The Balaban J connectivity index is 0.00000163. The summed E-state index contributed by atoms with van der Waals surface area (Å²) in [5, 5.41) is 10.9. The van der Waals surface area contributed by atoms with Gasteiger partial charge in [0.2, 0.25) is 0 Å². The van der Waals surface area contributed by atoms with Crippen molar-refractivity contribution in [1.29, 1.82) is 0 Å². The predicted octanol–water partition coefficient (Wildman–Crippen LogP) is 6.34. The molecule has 0 bridgehead atoms.